The van der Waals surface area contributed by atoms with Gasteiger partial charge in [0.2, 0.25) is 5.95 Å². The Hall–Kier alpha value is -1.78. The number of aromatic nitrogens is 2. The fraction of sp³-hybridized carbons (Fsp3) is 0.500. The van der Waals surface area contributed by atoms with Crippen LogP contribution in [0.3, 0.4) is 0 Å². The molecule has 2 rings (SSSR count). The summed E-state index contributed by atoms with van der Waals surface area (Å²) in [6.45, 7) is 4.25. The zero-order valence-electron chi connectivity index (χ0n) is 11.6. The molecule has 2 N–H and O–H groups in total. The van der Waals surface area contributed by atoms with Gasteiger partial charge in [-0.25, -0.2) is 9.37 Å². The van der Waals surface area contributed by atoms with Crippen molar-refractivity contribution >= 4 is 17.0 Å². The maximum atomic E-state index is 13.6. The Balaban J connectivity index is 2.50. The Labute approximate surface area is 112 Å². The molecule has 19 heavy (non-hydrogen) atoms. The molecule has 1 heterocycles. The lowest BCUT2D eigenvalue weighted by Crippen LogP contribution is -2.08. The number of nitrogens with zero attached hydrogens (tertiary/aromatic N) is 2. The van der Waals surface area contributed by atoms with Gasteiger partial charge < -0.3 is 15.0 Å². The summed E-state index contributed by atoms with van der Waals surface area (Å²) in [4.78, 5) is 4.22. The summed E-state index contributed by atoms with van der Waals surface area (Å²) in [7, 11) is 1.45. The zero-order valence-corrected chi connectivity index (χ0v) is 11.6. The van der Waals surface area contributed by atoms with Crippen LogP contribution in [0.5, 0.6) is 5.75 Å². The minimum Gasteiger partial charge on any atom is -0.494 e. The number of ether oxygens (including phenoxy) is 1. The van der Waals surface area contributed by atoms with Crippen LogP contribution in [0.1, 0.15) is 39.2 Å². The number of fused-ring (bicyclic) bond motifs is 1. The molecule has 0 aliphatic rings. The first-order valence-electron chi connectivity index (χ1n) is 6.59. The lowest BCUT2D eigenvalue weighted by molar-refractivity contribution is 0.387. The first-order chi connectivity index (χ1) is 9.08. The topological polar surface area (TPSA) is 53.1 Å². The van der Waals surface area contributed by atoms with Gasteiger partial charge >= 0.3 is 0 Å². The monoisotopic (exact) mass is 265 g/mol. The summed E-state index contributed by atoms with van der Waals surface area (Å²) in [6, 6.07) is 3.27. The van der Waals surface area contributed by atoms with E-state index in [2.05, 4.69) is 18.8 Å². The normalized spacial score (nSPS) is 12.8. The molecule has 2 aromatic rings. The molecule has 0 aliphatic heterocycles. The van der Waals surface area contributed by atoms with E-state index in [-0.39, 0.29) is 11.8 Å². The molecule has 4 nitrogen and oxygen atoms in total. The Morgan fingerprint density at radius 3 is 2.84 bits per heavy atom. The number of nitrogen functional groups attached to an aromatic ring is 1. The summed E-state index contributed by atoms with van der Waals surface area (Å²) in [5.41, 5.74) is 7.34. The third-order valence-electron chi connectivity index (χ3n) is 3.41. The molecular formula is C14H20FN3O. The highest BCUT2D eigenvalue weighted by Crippen LogP contribution is 2.30. The number of hydrogen-bond donors (Lipinski definition) is 1. The second-order valence-corrected chi connectivity index (χ2v) is 4.81. The first-order valence-corrected chi connectivity index (χ1v) is 6.59. The number of methoxy groups -OCH3 is 1. The number of nitrogens with two attached hydrogens (primary N) is 1. The largest absolute Gasteiger partial charge is 0.494 e. The minimum atomic E-state index is -0.416. The van der Waals surface area contributed by atoms with Crippen LogP contribution in [0.2, 0.25) is 0 Å². The van der Waals surface area contributed by atoms with E-state index in [1.54, 1.807) is 6.07 Å². The van der Waals surface area contributed by atoms with Gasteiger partial charge in [0.05, 0.1) is 18.1 Å². The highest BCUT2D eigenvalue weighted by Gasteiger charge is 2.16. The second kappa shape index (κ2) is 5.47. The van der Waals surface area contributed by atoms with Gasteiger partial charge in [0.15, 0.2) is 11.6 Å². The molecule has 0 bridgehead atoms. The van der Waals surface area contributed by atoms with Crippen molar-refractivity contribution in [3.05, 3.63) is 17.9 Å². The van der Waals surface area contributed by atoms with Gasteiger partial charge in [-0.15, -0.1) is 0 Å². The Morgan fingerprint density at radius 2 is 2.21 bits per heavy atom. The predicted octanol–water partition coefficient (Wildman–Crippen LogP) is 3.52. The molecule has 0 spiro atoms. The lowest BCUT2D eigenvalue weighted by Gasteiger charge is -2.15. The minimum absolute atomic E-state index is 0.219. The van der Waals surface area contributed by atoms with E-state index in [0.717, 1.165) is 24.8 Å². The molecular weight excluding hydrogens is 245 g/mol. The maximum Gasteiger partial charge on any atom is 0.201 e. The average molecular weight is 265 g/mol. The summed E-state index contributed by atoms with van der Waals surface area (Å²) in [5.74, 6) is 0.225. The van der Waals surface area contributed by atoms with Crippen molar-refractivity contribution in [3.63, 3.8) is 0 Å². The summed E-state index contributed by atoms with van der Waals surface area (Å²) >= 11 is 0. The van der Waals surface area contributed by atoms with Gasteiger partial charge in [0, 0.05) is 18.2 Å². The molecule has 0 saturated carbocycles. The van der Waals surface area contributed by atoms with E-state index >= 15 is 0 Å². The molecule has 1 aromatic heterocycles. The van der Waals surface area contributed by atoms with E-state index in [9.17, 15) is 4.39 Å². The van der Waals surface area contributed by atoms with Crippen LogP contribution in [-0.4, -0.2) is 16.7 Å². The highest BCUT2D eigenvalue weighted by atomic mass is 19.1. The van der Waals surface area contributed by atoms with Crippen LogP contribution in [0, 0.1) is 5.82 Å². The highest BCUT2D eigenvalue weighted by molar-refractivity contribution is 5.80. The smallest absolute Gasteiger partial charge is 0.201 e. The van der Waals surface area contributed by atoms with Crippen LogP contribution in [0.15, 0.2) is 12.1 Å². The number of benzene rings is 1. The Morgan fingerprint density at radius 1 is 1.47 bits per heavy atom. The van der Waals surface area contributed by atoms with Gasteiger partial charge in [0.1, 0.15) is 0 Å². The zero-order chi connectivity index (χ0) is 14.0. The second-order valence-electron chi connectivity index (χ2n) is 4.81. The van der Waals surface area contributed by atoms with Crippen molar-refractivity contribution in [1.29, 1.82) is 0 Å². The molecule has 0 fully saturated rings. The van der Waals surface area contributed by atoms with Crippen LogP contribution < -0.4 is 10.5 Å². The average Bonchev–Trinajstić information content (AvgIpc) is 2.69. The SMILES string of the molecule is CCCCC(C)n1c(N)nc2cc(F)c(OC)cc21. The lowest BCUT2D eigenvalue weighted by atomic mass is 10.1. The van der Waals surface area contributed by atoms with E-state index in [4.69, 9.17) is 10.5 Å². The number of halogens is 1. The van der Waals surface area contributed by atoms with E-state index in [1.807, 2.05) is 4.57 Å². The number of imidazole rings is 1. The van der Waals surface area contributed by atoms with Crippen molar-refractivity contribution in [3.8, 4) is 5.75 Å². The maximum absolute atomic E-state index is 13.6. The van der Waals surface area contributed by atoms with Gasteiger partial charge in [-0.3, -0.25) is 0 Å². The van der Waals surface area contributed by atoms with Crippen LogP contribution in [0.25, 0.3) is 11.0 Å². The fourth-order valence-electron chi connectivity index (χ4n) is 2.36. The molecule has 0 aliphatic carbocycles. The first kappa shape index (κ1) is 13.6. The van der Waals surface area contributed by atoms with Gasteiger partial charge in [-0.05, 0) is 13.3 Å². The summed E-state index contributed by atoms with van der Waals surface area (Å²) in [5, 5.41) is 0. The number of unbranched alkanes of at least 4 members (excludes halogenated alkanes) is 1. The van der Waals surface area contributed by atoms with Crippen LogP contribution in [-0.2, 0) is 0 Å². The Kier molecular flexibility index (Phi) is 3.93. The Bertz CT molecular complexity index is 580. The van der Waals surface area contributed by atoms with E-state index in [1.165, 1.54) is 13.2 Å². The van der Waals surface area contributed by atoms with Crippen LogP contribution >= 0.6 is 0 Å². The van der Waals surface area contributed by atoms with Crippen molar-refractivity contribution in [2.45, 2.75) is 39.2 Å². The molecule has 0 saturated heterocycles. The molecule has 1 aromatic carbocycles. The van der Waals surface area contributed by atoms with Crippen molar-refractivity contribution in [2.24, 2.45) is 0 Å². The molecule has 5 heteroatoms. The number of rotatable bonds is 5. The molecule has 0 amide bonds. The molecule has 1 atom stereocenters. The van der Waals surface area contributed by atoms with Crippen molar-refractivity contribution in [2.75, 3.05) is 12.8 Å². The van der Waals surface area contributed by atoms with Crippen molar-refractivity contribution < 1.29 is 9.13 Å². The van der Waals surface area contributed by atoms with Crippen molar-refractivity contribution in [1.82, 2.24) is 9.55 Å². The fourth-order valence-corrected chi connectivity index (χ4v) is 2.36. The van der Waals surface area contributed by atoms with Gasteiger partial charge in [-0.1, -0.05) is 19.8 Å². The van der Waals surface area contributed by atoms with Crippen LogP contribution in [0.4, 0.5) is 10.3 Å². The third kappa shape index (κ3) is 2.50. The molecule has 104 valence electrons. The molecule has 1 unspecified atom stereocenters. The quantitative estimate of drug-likeness (QED) is 0.900. The summed E-state index contributed by atoms with van der Waals surface area (Å²) in [6.07, 6.45) is 3.28. The van der Waals surface area contributed by atoms with Gasteiger partial charge in [-0.2, -0.15) is 0 Å². The number of anilines is 1. The van der Waals surface area contributed by atoms with E-state index in [0.29, 0.717) is 11.5 Å². The third-order valence-corrected chi connectivity index (χ3v) is 3.41. The summed E-state index contributed by atoms with van der Waals surface area (Å²) < 4.78 is 20.6. The van der Waals surface area contributed by atoms with E-state index < -0.39 is 5.82 Å². The molecule has 0 radical (unpaired) electrons. The van der Waals surface area contributed by atoms with Gasteiger partial charge in [0.25, 0.3) is 0 Å². The predicted molar refractivity (Wildman–Crippen MR) is 74.9 cm³/mol. The number of hydrogen-bond acceptors (Lipinski definition) is 3. The standard InChI is InChI=1S/C14H20FN3O/c1-4-5-6-9(2)18-12-8-13(19-3)10(15)7-11(12)17-14(18)16/h7-9H,4-6H2,1-3H3,(H2,16,17).